The second-order valence-electron chi connectivity index (χ2n) is 4.75. The quantitative estimate of drug-likeness (QED) is 0.770. The minimum absolute atomic E-state index is 0.0205. The Bertz CT molecular complexity index is 835. The van der Waals surface area contributed by atoms with Gasteiger partial charge in [0.05, 0.1) is 23.1 Å². The molecule has 1 amide bonds. The molecule has 2 rings (SSSR count). The van der Waals surface area contributed by atoms with E-state index in [0.717, 1.165) is 0 Å². The molecule has 2 N–H and O–H groups in total. The summed E-state index contributed by atoms with van der Waals surface area (Å²) in [5.41, 5.74) is 0.550. The van der Waals surface area contributed by atoms with E-state index >= 15 is 0 Å². The van der Waals surface area contributed by atoms with Crippen molar-refractivity contribution in [2.75, 3.05) is 12.4 Å². The fraction of sp³-hybridized carbons (Fsp3) is 0.0625. The topological polar surface area (TPSA) is 90.5 Å². The summed E-state index contributed by atoms with van der Waals surface area (Å²) in [4.78, 5) is 23.1. The molecule has 0 heterocycles. The van der Waals surface area contributed by atoms with Crippen LogP contribution in [0.25, 0.3) is 0 Å². The minimum atomic E-state index is -1.32. The zero-order valence-corrected chi connectivity index (χ0v) is 15.1. The lowest BCUT2D eigenvalue weighted by Gasteiger charge is -2.12. The molecule has 0 unspecified atom stereocenters. The van der Waals surface area contributed by atoms with E-state index in [1.165, 1.54) is 37.4 Å². The zero-order valence-electron chi connectivity index (χ0n) is 12.8. The van der Waals surface area contributed by atoms with Crippen molar-refractivity contribution in [1.82, 2.24) is 5.32 Å². The third-order valence-electron chi connectivity index (χ3n) is 3.05. The van der Waals surface area contributed by atoms with Crippen LogP contribution >= 0.6 is 35.4 Å². The maximum absolute atomic E-state index is 12.2. The molecule has 25 heavy (non-hydrogen) atoms. The molecule has 9 heteroatoms. The second kappa shape index (κ2) is 8.15. The third-order valence-corrected chi connectivity index (χ3v) is 3.81. The molecule has 2 aromatic rings. The molecular weight excluding hydrogens is 387 g/mol. The predicted molar refractivity (Wildman–Crippen MR) is 97.5 cm³/mol. The van der Waals surface area contributed by atoms with Crippen LogP contribution in [-0.4, -0.2) is 24.1 Å². The van der Waals surface area contributed by atoms with Gasteiger partial charge in [-0.3, -0.25) is 10.1 Å². The van der Waals surface area contributed by atoms with E-state index in [4.69, 9.17) is 40.2 Å². The molecule has 0 aromatic heterocycles. The van der Waals surface area contributed by atoms with Gasteiger partial charge in [-0.1, -0.05) is 35.3 Å². The number of amides is 1. The van der Waals surface area contributed by atoms with E-state index in [0.29, 0.717) is 5.69 Å². The van der Waals surface area contributed by atoms with E-state index in [9.17, 15) is 14.7 Å². The predicted octanol–water partition coefficient (Wildman–Crippen LogP) is 2.49. The smallest absolute Gasteiger partial charge is 0.257 e. The van der Waals surface area contributed by atoms with E-state index in [1.54, 1.807) is 6.07 Å². The van der Waals surface area contributed by atoms with Crippen molar-refractivity contribution >= 4 is 58.1 Å². The number of thiocarbonyl (C=S) groups is 1. The van der Waals surface area contributed by atoms with Crippen LogP contribution in [0.5, 0.6) is 5.75 Å². The Labute approximate surface area is 158 Å². The number of carbonyl (C=O) groups is 2. The van der Waals surface area contributed by atoms with Crippen LogP contribution in [0, 0.1) is 0 Å². The number of nitrogens with one attached hydrogen (secondary N) is 2. The number of methoxy groups -OCH3 is 1. The Hall–Kier alpha value is -2.35. The van der Waals surface area contributed by atoms with Gasteiger partial charge in [0, 0.05) is 11.3 Å². The van der Waals surface area contributed by atoms with E-state index < -0.39 is 11.9 Å². The number of hydrogen-bond acceptors (Lipinski definition) is 5. The molecule has 0 atom stereocenters. The molecule has 0 radical (unpaired) electrons. The second-order valence-corrected chi connectivity index (χ2v) is 5.97. The summed E-state index contributed by atoms with van der Waals surface area (Å²) in [6.45, 7) is 0. The average Bonchev–Trinajstić information content (AvgIpc) is 2.54. The fourth-order valence-corrected chi connectivity index (χ4v) is 2.80. The highest BCUT2D eigenvalue weighted by Crippen LogP contribution is 2.33. The molecule has 0 bridgehead atoms. The largest absolute Gasteiger partial charge is 0.545 e. The summed E-state index contributed by atoms with van der Waals surface area (Å²) in [6.07, 6.45) is 0. The van der Waals surface area contributed by atoms with Crippen LogP contribution in [0.1, 0.15) is 20.7 Å². The molecule has 130 valence electrons. The monoisotopic (exact) mass is 397 g/mol. The van der Waals surface area contributed by atoms with Crippen molar-refractivity contribution in [3.05, 3.63) is 57.6 Å². The van der Waals surface area contributed by atoms with Gasteiger partial charge >= 0.3 is 0 Å². The standard InChI is InChI=1S/C16H12Cl2N2O4S/c1-24-13-11(17)6-9(7-12(13)18)14(21)20-16(25)19-10-4-2-3-8(5-10)15(22)23/h2-7H,1H3,(H,22,23)(H2,19,20,21,25)/p-1. The maximum Gasteiger partial charge on any atom is 0.257 e. The normalized spacial score (nSPS) is 10.0. The van der Waals surface area contributed by atoms with Crippen molar-refractivity contribution < 1.29 is 19.4 Å². The van der Waals surface area contributed by atoms with Gasteiger partial charge in [-0.05, 0) is 42.0 Å². The van der Waals surface area contributed by atoms with Gasteiger partial charge in [-0.2, -0.15) is 0 Å². The highest BCUT2D eigenvalue weighted by molar-refractivity contribution is 7.80. The van der Waals surface area contributed by atoms with Crippen LogP contribution in [0.3, 0.4) is 0 Å². The summed E-state index contributed by atoms with van der Waals surface area (Å²) < 4.78 is 5.01. The summed E-state index contributed by atoms with van der Waals surface area (Å²) in [7, 11) is 1.41. The Kier molecular flexibility index (Phi) is 6.19. The molecule has 0 saturated heterocycles. The van der Waals surface area contributed by atoms with Crippen LogP contribution < -0.4 is 20.5 Å². The Balaban J connectivity index is 2.09. The molecular formula is C16H11Cl2N2O4S-. The number of hydrogen-bond donors (Lipinski definition) is 2. The number of anilines is 1. The van der Waals surface area contributed by atoms with Crippen LogP contribution in [0.2, 0.25) is 10.0 Å². The minimum Gasteiger partial charge on any atom is -0.545 e. The lowest BCUT2D eigenvalue weighted by atomic mass is 10.2. The van der Waals surface area contributed by atoms with E-state index in [2.05, 4.69) is 10.6 Å². The average molecular weight is 398 g/mol. The molecule has 0 fully saturated rings. The SMILES string of the molecule is COc1c(Cl)cc(C(=O)NC(=S)Nc2cccc(C(=O)[O-])c2)cc1Cl. The highest BCUT2D eigenvalue weighted by atomic mass is 35.5. The highest BCUT2D eigenvalue weighted by Gasteiger charge is 2.14. The summed E-state index contributed by atoms with van der Waals surface area (Å²) in [5.74, 6) is -1.60. The summed E-state index contributed by atoms with van der Waals surface area (Å²) in [6, 6.07) is 8.59. The van der Waals surface area contributed by atoms with Gasteiger partial charge in [-0.15, -0.1) is 0 Å². The number of benzene rings is 2. The lowest BCUT2D eigenvalue weighted by Crippen LogP contribution is -2.34. The number of carboxylic acids is 1. The molecule has 0 aliphatic heterocycles. The van der Waals surface area contributed by atoms with E-state index in [1.807, 2.05) is 0 Å². The summed E-state index contributed by atoms with van der Waals surface area (Å²) in [5, 5.41) is 16.3. The van der Waals surface area contributed by atoms with Gasteiger partial charge in [0.1, 0.15) is 0 Å². The third kappa shape index (κ3) is 4.82. The number of ether oxygens (including phenoxy) is 1. The Morgan fingerprint density at radius 2 is 1.76 bits per heavy atom. The molecule has 0 saturated carbocycles. The zero-order chi connectivity index (χ0) is 18.6. The van der Waals surface area contributed by atoms with E-state index in [-0.39, 0.29) is 32.0 Å². The first kappa shape index (κ1) is 19.0. The van der Waals surface area contributed by atoms with Gasteiger partial charge in [0.25, 0.3) is 5.91 Å². The molecule has 0 spiro atoms. The Morgan fingerprint density at radius 1 is 1.12 bits per heavy atom. The van der Waals surface area contributed by atoms with Crippen molar-refractivity contribution in [1.29, 1.82) is 0 Å². The number of carboxylic acid groups (broad SMARTS) is 1. The maximum atomic E-state index is 12.2. The summed E-state index contributed by atoms with van der Waals surface area (Å²) >= 11 is 17.0. The molecule has 6 nitrogen and oxygen atoms in total. The van der Waals surface area contributed by atoms with Crippen molar-refractivity contribution in [2.24, 2.45) is 0 Å². The molecule has 2 aromatic carbocycles. The number of carbonyl (C=O) groups excluding carboxylic acids is 2. The first-order valence-electron chi connectivity index (χ1n) is 6.78. The van der Waals surface area contributed by atoms with Crippen molar-refractivity contribution in [3.8, 4) is 5.75 Å². The van der Waals surface area contributed by atoms with Crippen LogP contribution in [0.4, 0.5) is 5.69 Å². The molecule has 0 aliphatic rings. The fourth-order valence-electron chi connectivity index (χ4n) is 1.95. The van der Waals surface area contributed by atoms with Crippen molar-refractivity contribution in [3.63, 3.8) is 0 Å². The van der Waals surface area contributed by atoms with Crippen LogP contribution in [0.15, 0.2) is 36.4 Å². The van der Waals surface area contributed by atoms with Crippen LogP contribution in [-0.2, 0) is 0 Å². The number of halogens is 2. The van der Waals surface area contributed by atoms with Gasteiger partial charge < -0.3 is 20.0 Å². The lowest BCUT2D eigenvalue weighted by molar-refractivity contribution is -0.255. The van der Waals surface area contributed by atoms with Gasteiger partial charge in [-0.25, -0.2) is 0 Å². The van der Waals surface area contributed by atoms with Gasteiger partial charge in [0.2, 0.25) is 0 Å². The number of aromatic carboxylic acids is 1. The first-order chi connectivity index (χ1) is 11.8. The molecule has 0 aliphatic carbocycles. The first-order valence-corrected chi connectivity index (χ1v) is 7.95. The number of rotatable bonds is 4. The Morgan fingerprint density at radius 3 is 2.32 bits per heavy atom. The van der Waals surface area contributed by atoms with Gasteiger partial charge in [0.15, 0.2) is 10.9 Å². The van der Waals surface area contributed by atoms with Crippen molar-refractivity contribution in [2.45, 2.75) is 0 Å².